The summed E-state index contributed by atoms with van der Waals surface area (Å²) < 4.78 is 31.3. The predicted octanol–water partition coefficient (Wildman–Crippen LogP) is 4.15. The van der Waals surface area contributed by atoms with Crippen molar-refractivity contribution in [2.24, 2.45) is 0 Å². The molecule has 156 valence electrons. The SMILES string of the molecule is CC1CN(c2nc(Cc3ccccc3)ns2)CCN1C(=O)Nc1ccc(F)cc1F. The van der Waals surface area contributed by atoms with Crippen LogP contribution in [0.5, 0.6) is 0 Å². The number of amides is 2. The van der Waals surface area contributed by atoms with E-state index in [1.54, 1.807) is 4.90 Å². The molecule has 1 aliphatic rings. The van der Waals surface area contributed by atoms with Gasteiger partial charge in [-0.2, -0.15) is 4.37 Å². The molecule has 1 saturated heterocycles. The van der Waals surface area contributed by atoms with Crippen LogP contribution in [0.4, 0.5) is 24.4 Å². The van der Waals surface area contributed by atoms with Gasteiger partial charge in [0.25, 0.3) is 0 Å². The van der Waals surface area contributed by atoms with Crippen LogP contribution in [0.1, 0.15) is 18.3 Å². The monoisotopic (exact) mass is 429 g/mol. The van der Waals surface area contributed by atoms with Crippen molar-refractivity contribution in [3.8, 4) is 0 Å². The second-order valence-corrected chi connectivity index (χ2v) is 7.93. The minimum atomic E-state index is -0.797. The third kappa shape index (κ3) is 4.56. The normalized spacial score (nSPS) is 16.6. The van der Waals surface area contributed by atoms with Crippen LogP contribution in [-0.4, -0.2) is 46.0 Å². The molecule has 1 aromatic heterocycles. The number of nitrogens with zero attached hydrogens (tertiary/aromatic N) is 4. The first-order valence-corrected chi connectivity index (χ1v) is 10.4. The van der Waals surface area contributed by atoms with Gasteiger partial charge in [0, 0.05) is 49.7 Å². The van der Waals surface area contributed by atoms with Gasteiger partial charge < -0.3 is 15.1 Å². The fourth-order valence-electron chi connectivity index (χ4n) is 3.43. The lowest BCUT2D eigenvalue weighted by Gasteiger charge is -2.39. The first-order chi connectivity index (χ1) is 14.5. The van der Waals surface area contributed by atoms with Gasteiger partial charge in [-0.25, -0.2) is 18.6 Å². The predicted molar refractivity (Wildman–Crippen MR) is 113 cm³/mol. The molecule has 4 rings (SSSR count). The van der Waals surface area contributed by atoms with Crippen molar-refractivity contribution in [2.75, 3.05) is 29.9 Å². The number of hydrogen-bond acceptors (Lipinski definition) is 5. The Kier molecular flexibility index (Phi) is 5.89. The highest BCUT2D eigenvalue weighted by Gasteiger charge is 2.29. The second-order valence-electron chi connectivity index (χ2n) is 7.20. The lowest BCUT2D eigenvalue weighted by Crippen LogP contribution is -2.55. The second kappa shape index (κ2) is 8.74. The van der Waals surface area contributed by atoms with Gasteiger partial charge in [-0.3, -0.25) is 0 Å². The Morgan fingerprint density at radius 3 is 2.73 bits per heavy atom. The van der Waals surface area contributed by atoms with Crippen LogP contribution in [-0.2, 0) is 6.42 Å². The lowest BCUT2D eigenvalue weighted by atomic mass is 10.1. The fraction of sp³-hybridized carbons (Fsp3) is 0.286. The zero-order valence-corrected chi connectivity index (χ0v) is 17.2. The number of carbonyl (C=O) groups excluding carboxylic acids is 1. The van der Waals surface area contributed by atoms with E-state index in [4.69, 9.17) is 0 Å². The zero-order chi connectivity index (χ0) is 21.1. The number of halogens is 2. The van der Waals surface area contributed by atoms with Gasteiger partial charge in [0.05, 0.1) is 5.69 Å². The molecule has 2 amide bonds. The molecule has 1 fully saturated rings. The number of hydrogen-bond donors (Lipinski definition) is 1. The third-order valence-electron chi connectivity index (χ3n) is 4.99. The van der Waals surface area contributed by atoms with E-state index in [1.807, 2.05) is 37.3 Å². The largest absolute Gasteiger partial charge is 0.343 e. The van der Waals surface area contributed by atoms with E-state index in [-0.39, 0.29) is 11.7 Å². The van der Waals surface area contributed by atoms with Crippen molar-refractivity contribution in [1.82, 2.24) is 14.3 Å². The molecule has 1 N–H and O–H groups in total. The van der Waals surface area contributed by atoms with E-state index >= 15 is 0 Å². The third-order valence-corrected chi connectivity index (χ3v) is 5.81. The Hall–Kier alpha value is -3.07. The Morgan fingerprint density at radius 1 is 1.20 bits per heavy atom. The maximum Gasteiger partial charge on any atom is 0.322 e. The smallest absolute Gasteiger partial charge is 0.322 e. The highest BCUT2D eigenvalue weighted by atomic mass is 32.1. The number of piperazine rings is 1. The highest BCUT2D eigenvalue weighted by Crippen LogP contribution is 2.23. The topological polar surface area (TPSA) is 61.4 Å². The minimum absolute atomic E-state index is 0.0364. The molecule has 3 aromatic rings. The average molecular weight is 429 g/mol. The van der Waals surface area contributed by atoms with E-state index < -0.39 is 17.7 Å². The summed E-state index contributed by atoms with van der Waals surface area (Å²) in [5.41, 5.74) is 1.12. The number of anilines is 2. The maximum absolute atomic E-state index is 13.8. The van der Waals surface area contributed by atoms with Gasteiger partial charge >= 0.3 is 6.03 Å². The zero-order valence-electron chi connectivity index (χ0n) is 16.4. The van der Waals surface area contributed by atoms with Gasteiger partial charge in [0.15, 0.2) is 0 Å². The molecule has 0 saturated carbocycles. The van der Waals surface area contributed by atoms with Gasteiger partial charge in [0.2, 0.25) is 5.13 Å². The van der Waals surface area contributed by atoms with E-state index in [2.05, 4.69) is 19.6 Å². The lowest BCUT2D eigenvalue weighted by molar-refractivity contribution is 0.184. The number of carbonyl (C=O) groups is 1. The van der Waals surface area contributed by atoms with Gasteiger partial charge in [-0.05, 0) is 24.6 Å². The molecule has 9 heteroatoms. The van der Waals surface area contributed by atoms with E-state index in [0.29, 0.717) is 26.1 Å². The molecule has 6 nitrogen and oxygen atoms in total. The van der Waals surface area contributed by atoms with Crippen LogP contribution >= 0.6 is 11.5 Å². The maximum atomic E-state index is 13.8. The van der Waals surface area contributed by atoms with E-state index in [0.717, 1.165) is 28.7 Å². The van der Waals surface area contributed by atoms with Crippen molar-refractivity contribution < 1.29 is 13.6 Å². The average Bonchev–Trinajstić information content (AvgIpc) is 3.19. The molecule has 1 aliphatic heterocycles. The van der Waals surface area contributed by atoms with Crippen molar-refractivity contribution in [3.63, 3.8) is 0 Å². The quantitative estimate of drug-likeness (QED) is 0.677. The van der Waals surface area contributed by atoms with Crippen LogP contribution in [0, 0.1) is 11.6 Å². The molecular weight excluding hydrogens is 408 g/mol. The Labute approximate surface area is 177 Å². The molecule has 0 bridgehead atoms. The summed E-state index contributed by atoms with van der Waals surface area (Å²) in [4.78, 5) is 21.0. The molecule has 1 atom stereocenters. The van der Waals surface area contributed by atoms with Crippen LogP contribution < -0.4 is 10.2 Å². The Bertz CT molecular complexity index is 1030. The Balaban J connectivity index is 1.36. The van der Waals surface area contributed by atoms with Crippen molar-refractivity contribution in [3.05, 3.63) is 71.6 Å². The van der Waals surface area contributed by atoms with E-state index in [9.17, 15) is 13.6 Å². The molecule has 2 aromatic carbocycles. The molecular formula is C21H21F2N5OS. The van der Waals surface area contributed by atoms with Gasteiger partial charge in [-0.1, -0.05) is 30.3 Å². The first-order valence-electron chi connectivity index (χ1n) is 9.64. The summed E-state index contributed by atoms with van der Waals surface area (Å²) in [7, 11) is 0. The summed E-state index contributed by atoms with van der Waals surface area (Å²) in [5, 5.41) is 3.36. The number of benzene rings is 2. The number of nitrogens with one attached hydrogen (secondary N) is 1. The van der Waals surface area contributed by atoms with Gasteiger partial charge in [0.1, 0.15) is 17.5 Å². The number of aromatic nitrogens is 2. The standard InChI is InChI=1S/C21H21F2N5OS/c1-14-13-27(21-25-19(26-30-21)11-15-5-3-2-4-6-15)9-10-28(14)20(29)24-18-8-7-16(22)12-17(18)23/h2-8,12,14H,9-11,13H2,1H3,(H,24,29). The van der Waals surface area contributed by atoms with Crippen LogP contribution in [0.25, 0.3) is 0 Å². The fourth-order valence-corrected chi connectivity index (χ4v) is 4.15. The van der Waals surface area contributed by atoms with Gasteiger partial charge in [-0.15, -0.1) is 0 Å². The first kappa shape index (κ1) is 20.2. The van der Waals surface area contributed by atoms with Crippen LogP contribution in [0.2, 0.25) is 0 Å². The summed E-state index contributed by atoms with van der Waals surface area (Å²) in [6, 6.07) is 12.6. The van der Waals surface area contributed by atoms with Crippen molar-refractivity contribution in [2.45, 2.75) is 19.4 Å². The van der Waals surface area contributed by atoms with Crippen molar-refractivity contribution in [1.29, 1.82) is 0 Å². The van der Waals surface area contributed by atoms with Crippen LogP contribution in [0.3, 0.4) is 0 Å². The molecule has 30 heavy (non-hydrogen) atoms. The summed E-state index contributed by atoms with van der Waals surface area (Å²) in [6.07, 6.45) is 0.679. The van der Waals surface area contributed by atoms with E-state index in [1.165, 1.54) is 17.6 Å². The number of rotatable bonds is 4. The summed E-state index contributed by atoms with van der Waals surface area (Å²) >= 11 is 1.35. The molecule has 1 unspecified atom stereocenters. The highest BCUT2D eigenvalue weighted by molar-refractivity contribution is 7.09. The molecule has 0 radical (unpaired) electrons. The van der Waals surface area contributed by atoms with Crippen LogP contribution in [0.15, 0.2) is 48.5 Å². The molecule has 2 heterocycles. The molecule has 0 spiro atoms. The molecule has 0 aliphatic carbocycles. The summed E-state index contributed by atoms with van der Waals surface area (Å²) in [6.45, 7) is 3.59. The minimum Gasteiger partial charge on any atom is -0.343 e. The number of urea groups is 1. The van der Waals surface area contributed by atoms with Crippen molar-refractivity contribution >= 4 is 28.4 Å². The summed E-state index contributed by atoms with van der Waals surface area (Å²) in [5.74, 6) is -0.702. The Morgan fingerprint density at radius 2 is 2.00 bits per heavy atom.